The third kappa shape index (κ3) is 5.00. The Morgan fingerprint density at radius 1 is 1.41 bits per heavy atom. The number of benzene rings is 1. The summed E-state index contributed by atoms with van der Waals surface area (Å²) in [6, 6.07) is 5.73. The van der Waals surface area contributed by atoms with Gasteiger partial charge < -0.3 is 24.2 Å². The van der Waals surface area contributed by atoms with Gasteiger partial charge in [-0.05, 0) is 45.9 Å². The number of alkyl carbamates (subject to hydrolysis) is 1. The first kappa shape index (κ1) is 21.0. The number of carbonyl (C=O) groups excluding carboxylic acids is 2. The highest BCUT2D eigenvalue weighted by Gasteiger charge is 2.33. The van der Waals surface area contributed by atoms with E-state index in [1.165, 1.54) is 11.3 Å². The van der Waals surface area contributed by atoms with Crippen LogP contribution >= 0.6 is 11.3 Å². The van der Waals surface area contributed by atoms with Gasteiger partial charge in [0, 0.05) is 12.7 Å². The summed E-state index contributed by atoms with van der Waals surface area (Å²) in [5.74, 6) is 0. The highest BCUT2D eigenvalue weighted by atomic mass is 32.1. The van der Waals surface area contributed by atoms with Crippen molar-refractivity contribution in [1.29, 1.82) is 0 Å². The zero-order chi connectivity index (χ0) is 21.2. The smallest absolute Gasteiger partial charge is 0.414 e. The molecule has 0 saturated carbocycles. The minimum Gasteiger partial charge on any atom is -0.444 e. The number of fused-ring (bicyclic) bond motifs is 1. The van der Waals surface area contributed by atoms with Crippen molar-refractivity contribution in [1.82, 2.24) is 9.88 Å². The van der Waals surface area contributed by atoms with Crippen LogP contribution in [0.2, 0.25) is 0 Å². The number of anilines is 1. The molecule has 10 heteroatoms. The molecule has 1 atom stereocenters. The van der Waals surface area contributed by atoms with E-state index >= 15 is 0 Å². The standard InChI is InChI=1S/C19H26N4O5S/c1-6-26-21-16-22(5)14-8-7-12(9-15(14)29-16)23-11-13(27-18(23)25)10-20-17(24)28-19(2,3)4/h7-9,13H,6,10-11H2,1-5H3,(H,20,24). The third-order valence-electron chi connectivity index (χ3n) is 4.12. The van der Waals surface area contributed by atoms with E-state index in [4.69, 9.17) is 14.3 Å². The predicted molar refractivity (Wildman–Crippen MR) is 110 cm³/mol. The van der Waals surface area contributed by atoms with Crippen molar-refractivity contribution in [3.63, 3.8) is 0 Å². The molecule has 3 rings (SSSR count). The van der Waals surface area contributed by atoms with Crippen molar-refractivity contribution in [2.45, 2.75) is 39.4 Å². The van der Waals surface area contributed by atoms with E-state index in [9.17, 15) is 9.59 Å². The van der Waals surface area contributed by atoms with Crippen molar-refractivity contribution in [2.24, 2.45) is 12.2 Å². The molecular formula is C19H26N4O5S. The number of carbonyl (C=O) groups is 2. The number of ether oxygens (including phenoxy) is 2. The maximum atomic E-state index is 12.3. The van der Waals surface area contributed by atoms with Crippen LogP contribution in [0.25, 0.3) is 10.2 Å². The summed E-state index contributed by atoms with van der Waals surface area (Å²) in [5.41, 5.74) is 1.14. The Labute approximate surface area is 172 Å². The number of hydrogen-bond donors (Lipinski definition) is 1. The number of rotatable bonds is 5. The molecule has 9 nitrogen and oxygen atoms in total. The lowest BCUT2D eigenvalue weighted by Gasteiger charge is -2.20. The van der Waals surface area contributed by atoms with Crippen molar-refractivity contribution in [3.05, 3.63) is 23.0 Å². The lowest BCUT2D eigenvalue weighted by Crippen LogP contribution is -2.38. The number of hydrogen-bond acceptors (Lipinski definition) is 7. The fraction of sp³-hybridized carbons (Fsp3) is 0.526. The number of aryl methyl sites for hydroxylation is 1. The fourth-order valence-corrected chi connectivity index (χ4v) is 3.86. The van der Waals surface area contributed by atoms with Gasteiger partial charge in [-0.2, -0.15) is 0 Å². The molecule has 158 valence electrons. The Hall–Kier alpha value is -2.75. The lowest BCUT2D eigenvalue weighted by molar-refractivity contribution is 0.0496. The van der Waals surface area contributed by atoms with Crippen LogP contribution in [0.3, 0.4) is 0 Å². The van der Waals surface area contributed by atoms with Crippen LogP contribution in [-0.2, 0) is 21.4 Å². The minimum atomic E-state index is -0.581. The van der Waals surface area contributed by atoms with Gasteiger partial charge in [0.1, 0.15) is 18.3 Å². The number of cyclic esters (lactones) is 1. The molecule has 2 aromatic rings. The van der Waals surface area contributed by atoms with Crippen molar-refractivity contribution < 1.29 is 23.9 Å². The summed E-state index contributed by atoms with van der Waals surface area (Å²) >= 11 is 1.48. The molecule has 1 fully saturated rings. The van der Waals surface area contributed by atoms with E-state index < -0.39 is 23.9 Å². The van der Waals surface area contributed by atoms with Gasteiger partial charge in [-0.25, -0.2) is 9.59 Å². The first-order valence-corrected chi connectivity index (χ1v) is 10.2. The molecule has 1 aliphatic heterocycles. The van der Waals surface area contributed by atoms with Crippen LogP contribution < -0.4 is 15.0 Å². The summed E-state index contributed by atoms with van der Waals surface area (Å²) in [6.07, 6.45) is -1.43. The molecule has 2 heterocycles. The van der Waals surface area contributed by atoms with Gasteiger partial charge in [-0.1, -0.05) is 16.5 Å². The van der Waals surface area contributed by atoms with Crippen LogP contribution in [0.1, 0.15) is 27.7 Å². The first-order chi connectivity index (χ1) is 13.7. The molecule has 1 aliphatic rings. The van der Waals surface area contributed by atoms with Gasteiger partial charge in [-0.15, -0.1) is 0 Å². The predicted octanol–water partition coefficient (Wildman–Crippen LogP) is 2.94. The Morgan fingerprint density at radius 3 is 2.86 bits per heavy atom. The summed E-state index contributed by atoms with van der Waals surface area (Å²) in [6.45, 7) is 8.27. The molecule has 0 radical (unpaired) electrons. The van der Waals surface area contributed by atoms with Crippen LogP contribution in [0, 0.1) is 0 Å². The zero-order valence-corrected chi connectivity index (χ0v) is 18.0. The average Bonchev–Trinajstić information content (AvgIpc) is 3.16. The summed E-state index contributed by atoms with van der Waals surface area (Å²) in [5, 5.41) is 6.75. The Balaban J connectivity index is 1.70. The molecule has 1 aromatic heterocycles. The Kier molecular flexibility index (Phi) is 6.02. The quantitative estimate of drug-likeness (QED) is 0.748. The minimum absolute atomic E-state index is 0.185. The van der Waals surface area contributed by atoms with Gasteiger partial charge in [-0.3, -0.25) is 4.90 Å². The number of aromatic nitrogens is 1. The van der Waals surface area contributed by atoms with Crippen molar-refractivity contribution in [3.8, 4) is 0 Å². The van der Waals surface area contributed by atoms with Crippen LogP contribution in [0.15, 0.2) is 23.4 Å². The fourth-order valence-electron chi connectivity index (χ4n) is 2.85. The molecule has 1 unspecified atom stereocenters. The van der Waals surface area contributed by atoms with Crippen molar-refractivity contribution >= 4 is 39.4 Å². The van der Waals surface area contributed by atoms with Crippen LogP contribution in [0.4, 0.5) is 15.3 Å². The topological polar surface area (TPSA) is 94.4 Å². The van der Waals surface area contributed by atoms with Gasteiger partial charge in [0.05, 0.1) is 23.3 Å². The third-order valence-corrected chi connectivity index (χ3v) is 5.20. The number of thiazole rings is 1. The molecular weight excluding hydrogens is 396 g/mol. The monoisotopic (exact) mass is 422 g/mol. The highest BCUT2D eigenvalue weighted by Crippen LogP contribution is 2.27. The first-order valence-electron chi connectivity index (χ1n) is 9.38. The maximum Gasteiger partial charge on any atom is 0.414 e. The number of amides is 2. The highest BCUT2D eigenvalue weighted by molar-refractivity contribution is 7.16. The van der Waals surface area contributed by atoms with Gasteiger partial charge in [0.15, 0.2) is 0 Å². The molecule has 0 spiro atoms. The van der Waals surface area contributed by atoms with E-state index in [2.05, 4.69) is 10.5 Å². The maximum absolute atomic E-state index is 12.3. The van der Waals surface area contributed by atoms with E-state index in [1.54, 1.807) is 25.7 Å². The SMILES string of the molecule is CCON=c1sc2cc(N3CC(CNC(=O)OC(C)(C)C)OC3=O)ccc2n1C. The average molecular weight is 423 g/mol. The normalized spacial score (nSPS) is 17.6. The van der Waals surface area contributed by atoms with E-state index in [1.807, 2.05) is 36.7 Å². The van der Waals surface area contributed by atoms with Crippen LogP contribution in [-0.4, -0.2) is 48.2 Å². The second-order valence-corrected chi connectivity index (χ2v) is 8.61. The molecule has 29 heavy (non-hydrogen) atoms. The second-order valence-electron chi connectivity index (χ2n) is 7.60. The summed E-state index contributed by atoms with van der Waals surface area (Å²) in [4.78, 5) is 31.6. The summed E-state index contributed by atoms with van der Waals surface area (Å²) in [7, 11) is 1.92. The van der Waals surface area contributed by atoms with E-state index in [0.29, 0.717) is 13.2 Å². The van der Waals surface area contributed by atoms with E-state index in [0.717, 1.165) is 20.7 Å². The Morgan fingerprint density at radius 2 is 2.17 bits per heavy atom. The second kappa shape index (κ2) is 8.32. The molecule has 0 aliphatic carbocycles. The lowest BCUT2D eigenvalue weighted by atomic mass is 10.2. The molecule has 0 bridgehead atoms. The Bertz CT molecular complexity index is 975. The molecule has 1 saturated heterocycles. The molecule has 2 amide bonds. The van der Waals surface area contributed by atoms with Gasteiger partial charge in [0.25, 0.3) is 0 Å². The summed E-state index contributed by atoms with van der Waals surface area (Å²) < 4.78 is 13.5. The number of nitrogens with one attached hydrogen (secondary N) is 1. The van der Waals surface area contributed by atoms with Crippen LogP contribution in [0.5, 0.6) is 0 Å². The zero-order valence-electron chi connectivity index (χ0n) is 17.2. The van der Waals surface area contributed by atoms with Gasteiger partial charge in [0.2, 0.25) is 4.80 Å². The largest absolute Gasteiger partial charge is 0.444 e. The van der Waals surface area contributed by atoms with Gasteiger partial charge >= 0.3 is 12.2 Å². The van der Waals surface area contributed by atoms with Crippen molar-refractivity contribution in [2.75, 3.05) is 24.6 Å². The molecule has 1 N–H and O–H groups in total. The molecule has 1 aromatic carbocycles. The number of nitrogens with zero attached hydrogens (tertiary/aromatic N) is 3. The van der Waals surface area contributed by atoms with E-state index in [-0.39, 0.29) is 6.54 Å².